The predicted octanol–water partition coefficient (Wildman–Crippen LogP) is 2.39. The fraction of sp³-hybridized carbons (Fsp3) is 0.818. The molecule has 0 aliphatic heterocycles. The van der Waals surface area contributed by atoms with Gasteiger partial charge in [0.05, 0.1) is 5.54 Å². The number of aryl methyl sites for hydroxylation is 1. The molecule has 0 aromatic carbocycles. The van der Waals surface area contributed by atoms with Gasteiger partial charge < -0.3 is 10.3 Å². The van der Waals surface area contributed by atoms with Gasteiger partial charge >= 0.3 is 0 Å². The van der Waals surface area contributed by atoms with Crippen LogP contribution in [0.4, 0.5) is 0 Å². The maximum atomic E-state index is 6.09. The van der Waals surface area contributed by atoms with Gasteiger partial charge in [0.2, 0.25) is 5.89 Å². The third kappa shape index (κ3) is 3.30. The van der Waals surface area contributed by atoms with E-state index in [1.54, 1.807) is 0 Å². The first-order chi connectivity index (χ1) is 7.10. The number of hydrogen-bond donors (Lipinski definition) is 1. The molecule has 1 aromatic heterocycles. The van der Waals surface area contributed by atoms with E-state index in [1.807, 2.05) is 6.92 Å². The number of nitrogens with zero attached hydrogens (tertiary/aromatic N) is 2. The second kappa shape index (κ2) is 5.26. The number of aromatic nitrogens is 2. The molecule has 1 unspecified atom stereocenters. The van der Waals surface area contributed by atoms with Crippen LogP contribution in [0.2, 0.25) is 0 Å². The average molecular weight is 211 g/mol. The van der Waals surface area contributed by atoms with Crippen LogP contribution in [0.3, 0.4) is 0 Å². The van der Waals surface area contributed by atoms with Crippen molar-refractivity contribution in [1.29, 1.82) is 0 Å². The van der Waals surface area contributed by atoms with Crippen LogP contribution in [0.25, 0.3) is 0 Å². The van der Waals surface area contributed by atoms with Crippen LogP contribution in [0.15, 0.2) is 4.52 Å². The predicted molar refractivity (Wildman–Crippen MR) is 59.4 cm³/mol. The van der Waals surface area contributed by atoms with Crippen molar-refractivity contribution in [3.8, 4) is 0 Å². The molecule has 0 spiro atoms. The Bertz CT molecular complexity index is 294. The lowest BCUT2D eigenvalue weighted by Gasteiger charge is -2.18. The van der Waals surface area contributed by atoms with Gasteiger partial charge in [-0.15, -0.1) is 0 Å². The van der Waals surface area contributed by atoms with Gasteiger partial charge in [-0.2, -0.15) is 4.98 Å². The highest BCUT2D eigenvalue weighted by atomic mass is 16.5. The van der Waals surface area contributed by atoms with Gasteiger partial charge in [0, 0.05) is 6.42 Å². The normalized spacial score (nSPS) is 15.2. The summed E-state index contributed by atoms with van der Waals surface area (Å²) in [6, 6.07) is 0. The second-order valence-corrected chi connectivity index (χ2v) is 4.29. The zero-order chi connectivity index (χ0) is 11.3. The minimum atomic E-state index is -0.480. The summed E-state index contributed by atoms with van der Waals surface area (Å²) < 4.78 is 5.19. The molecule has 1 aromatic rings. The van der Waals surface area contributed by atoms with Crippen LogP contribution in [0, 0.1) is 0 Å². The fourth-order valence-corrected chi connectivity index (χ4v) is 1.55. The quantitative estimate of drug-likeness (QED) is 0.784. The van der Waals surface area contributed by atoms with Crippen molar-refractivity contribution in [2.24, 2.45) is 5.73 Å². The summed E-state index contributed by atoms with van der Waals surface area (Å²) in [5.74, 6) is 1.34. The van der Waals surface area contributed by atoms with Crippen LogP contribution in [-0.4, -0.2) is 10.1 Å². The molecule has 4 heteroatoms. The van der Waals surface area contributed by atoms with Gasteiger partial charge in [0.1, 0.15) is 0 Å². The Hall–Kier alpha value is -0.900. The Morgan fingerprint density at radius 3 is 2.67 bits per heavy atom. The van der Waals surface area contributed by atoms with E-state index in [9.17, 15) is 0 Å². The highest BCUT2D eigenvalue weighted by Gasteiger charge is 2.26. The Kier molecular flexibility index (Phi) is 4.27. The van der Waals surface area contributed by atoms with Crippen molar-refractivity contribution in [1.82, 2.24) is 10.1 Å². The Balaban J connectivity index is 2.66. The Morgan fingerprint density at radius 2 is 2.07 bits per heavy atom. The molecule has 0 aliphatic rings. The van der Waals surface area contributed by atoms with Gasteiger partial charge in [0.15, 0.2) is 5.82 Å². The van der Waals surface area contributed by atoms with Gasteiger partial charge in [-0.25, -0.2) is 0 Å². The lowest BCUT2D eigenvalue weighted by Crippen LogP contribution is -2.33. The first kappa shape index (κ1) is 12.2. The zero-order valence-electron chi connectivity index (χ0n) is 9.92. The van der Waals surface area contributed by atoms with Gasteiger partial charge in [0.25, 0.3) is 0 Å². The summed E-state index contributed by atoms with van der Waals surface area (Å²) in [6.45, 7) is 6.18. The molecule has 0 saturated carbocycles. The SMILES string of the molecule is CCCCc1noc(C(C)(N)CCC)n1. The lowest BCUT2D eigenvalue weighted by molar-refractivity contribution is 0.282. The van der Waals surface area contributed by atoms with Crippen LogP contribution in [-0.2, 0) is 12.0 Å². The van der Waals surface area contributed by atoms with E-state index in [1.165, 1.54) is 0 Å². The van der Waals surface area contributed by atoms with E-state index in [0.717, 1.165) is 37.9 Å². The molecule has 4 nitrogen and oxygen atoms in total. The summed E-state index contributed by atoms with van der Waals surface area (Å²) >= 11 is 0. The second-order valence-electron chi connectivity index (χ2n) is 4.29. The van der Waals surface area contributed by atoms with Crippen LogP contribution in [0.1, 0.15) is 58.2 Å². The molecule has 0 fully saturated rings. The zero-order valence-corrected chi connectivity index (χ0v) is 9.92. The molecule has 86 valence electrons. The summed E-state index contributed by atoms with van der Waals surface area (Å²) in [6.07, 6.45) is 4.98. The summed E-state index contributed by atoms with van der Waals surface area (Å²) in [5.41, 5.74) is 5.61. The van der Waals surface area contributed by atoms with Crippen LogP contribution >= 0.6 is 0 Å². The summed E-state index contributed by atoms with van der Waals surface area (Å²) in [5, 5.41) is 3.94. The number of nitrogens with two attached hydrogens (primary N) is 1. The van der Waals surface area contributed by atoms with Gasteiger partial charge in [-0.05, 0) is 19.8 Å². The van der Waals surface area contributed by atoms with Crippen molar-refractivity contribution >= 4 is 0 Å². The van der Waals surface area contributed by atoms with Crippen molar-refractivity contribution < 1.29 is 4.52 Å². The highest BCUT2D eigenvalue weighted by Crippen LogP contribution is 2.21. The van der Waals surface area contributed by atoms with E-state index in [0.29, 0.717) is 5.89 Å². The van der Waals surface area contributed by atoms with Gasteiger partial charge in [-0.1, -0.05) is 31.8 Å². The van der Waals surface area contributed by atoms with Crippen LogP contribution < -0.4 is 5.73 Å². The highest BCUT2D eigenvalue weighted by molar-refractivity contribution is 4.99. The topological polar surface area (TPSA) is 64.9 Å². The third-order valence-corrected chi connectivity index (χ3v) is 2.48. The first-order valence-electron chi connectivity index (χ1n) is 5.72. The molecule has 0 amide bonds. The molecule has 1 rings (SSSR count). The molecular weight excluding hydrogens is 190 g/mol. The summed E-state index contributed by atoms with van der Waals surface area (Å²) in [4.78, 5) is 4.34. The van der Waals surface area contributed by atoms with Crippen molar-refractivity contribution in [3.63, 3.8) is 0 Å². The maximum absolute atomic E-state index is 6.09. The molecule has 1 heterocycles. The average Bonchev–Trinajstić information content (AvgIpc) is 2.63. The molecular formula is C11H21N3O. The molecule has 15 heavy (non-hydrogen) atoms. The maximum Gasteiger partial charge on any atom is 0.246 e. The Morgan fingerprint density at radius 1 is 1.33 bits per heavy atom. The molecule has 0 aliphatic carbocycles. The molecule has 0 radical (unpaired) electrons. The van der Waals surface area contributed by atoms with E-state index in [2.05, 4.69) is 24.0 Å². The number of unbranched alkanes of at least 4 members (excludes halogenated alkanes) is 1. The molecule has 2 N–H and O–H groups in total. The minimum Gasteiger partial charge on any atom is -0.337 e. The number of rotatable bonds is 6. The molecule has 1 atom stereocenters. The molecule has 0 saturated heterocycles. The van der Waals surface area contributed by atoms with Crippen molar-refractivity contribution in [2.75, 3.05) is 0 Å². The monoisotopic (exact) mass is 211 g/mol. The smallest absolute Gasteiger partial charge is 0.246 e. The largest absolute Gasteiger partial charge is 0.337 e. The fourth-order valence-electron chi connectivity index (χ4n) is 1.55. The molecule has 0 bridgehead atoms. The van der Waals surface area contributed by atoms with E-state index >= 15 is 0 Å². The van der Waals surface area contributed by atoms with E-state index in [-0.39, 0.29) is 0 Å². The van der Waals surface area contributed by atoms with Gasteiger partial charge in [-0.3, -0.25) is 0 Å². The van der Waals surface area contributed by atoms with Crippen molar-refractivity contribution in [2.45, 2.75) is 58.4 Å². The number of hydrogen-bond acceptors (Lipinski definition) is 4. The van der Waals surface area contributed by atoms with Crippen LogP contribution in [0.5, 0.6) is 0 Å². The summed E-state index contributed by atoms with van der Waals surface area (Å²) in [7, 11) is 0. The first-order valence-corrected chi connectivity index (χ1v) is 5.72. The van der Waals surface area contributed by atoms with Crippen molar-refractivity contribution in [3.05, 3.63) is 11.7 Å². The third-order valence-electron chi connectivity index (χ3n) is 2.48. The lowest BCUT2D eigenvalue weighted by atomic mass is 9.98. The van der Waals surface area contributed by atoms with E-state index in [4.69, 9.17) is 10.3 Å². The minimum absolute atomic E-state index is 0.480. The Labute approximate surface area is 91.2 Å². The standard InChI is InChI=1S/C11H21N3O/c1-4-6-7-9-13-10(15-14-9)11(3,12)8-5-2/h4-8,12H2,1-3H3. The van der Waals surface area contributed by atoms with E-state index < -0.39 is 5.54 Å².